The van der Waals surface area contributed by atoms with Gasteiger partial charge in [-0.2, -0.15) is 0 Å². The number of Topliss-reactive ketones (excluding diaryl/α,β-unsaturated/α-hetero) is 1. The number of fused-ring (bicyclic) bond motifs is 1. The molecule has 0 amide bonds. The maximum atomic E-state index is 12.6. The van der Waals surface area contributed by atoms with E-state index in [1.807, 2.05) is 0 Å². The number of carbonyl (C=O) groups is 1. The van der Waals surface area contributed by atoms with Gasteiger partial charge in [-0.05, 0) is 61.5 Å². The van der Waals surface area contributed by atoms with Crippen LogP contribution in [0.5, 0.6) is 5.75 Å². The van der Waals surface area contributed by atoms with Crippen molar-refractivity contribution in [1.82, 2.24) is 4.90 Å². The first kappa shape index (κ1) is 15.2. The van der Waals surface area contributed by atoms with Crippen LogP contribution in [0.15, 0.2) is 18.2 Å². The fourth-order valence-corrected chi connectivity index (χ4v) is 5.81. The highest BCUT2D eigenvalue weighted by Gasteiger charge is 2.57. The van der Waals surface area contributed by atoms with Crippen molar-refractivity contribution in [2.45, 2.75) is 50.5 Å². The monoisotopic (exact) mass is 313 g/mol. The van der Waals surface area contributed by atoms with Gasteiger partial charge < -0.3 is 9.64 Å². The molecule has 1 saturated heterocycles. The van der Waals surface area contributed by atoms with Crippen LogP contribution >= 0.6 is 0 Å². The molecule has 1 aromatic rings. The molecule has 2 aliphatic carbocycles. The van der Waals surface area contributed by atoms with E-state index in [-0.39, 0.29) is 5.41 Å². The molecule has 0 spiro atoms. The van der Waals surface area contributed by atoms with Gasteiger partial charge in [0.25, 0.3) is 0 Å². The maximum Gasteiger partial charge on any atom is 0.134 e. The Morgan fingerprint density at radius 3 is 2.91 bits per heavy atom. The van der Waals surface area contributed by atoms with Gasteiger partial charge >= 0.3 is 0 Å². The van der Waals surface area contributed by atoms with Gasteiger partial charge in [-0.1, -0.05) is 19.4 Å². The average molecular weight is 313 g/mol. The van der Waals surface area contributed by atoms with Crippen molar-refractivity contribution in [3.63, 3.8) is 0 Å². The first-order valence-electron chi connectivity index (χ1n) is 8.98. The van der Waals surface area contributed by atoms with Gasteiger partial charge in [-0.3, -0.25) is 4.79 Å². The highest BCUT2D eigenvalue weighted by atomic mass is 16.5. The molecule has 0 unspecified atom stereocenters. The molecule has 3 heteroatoms. The SMILES string of the molecule is CC[C@H]1CC(=O)C[C@]23CCN(C)[C@H](Cc4ccc(OC)cc42)[C@H]13. The highest BCUT2D eigenvalue weighted by molar-refractivity contribution is 5.82. The van der Waals surface area contributed by atoms with Gasteiger partial charge in [-0.15, -0.1) is 0 Å². The summed E-state index contributed by atoms with van der Waals surface area (Å²) in [5, 5.41) is 0. The van der Waals surface area contributed by atoms with Crippen molar-refractivity contribution in [2.24, 2.45) is 11.8 Å². The zero-order valence-electron chi connectivity index (χ0n) is 14.5. The molecule has 4 atom stereocenters. The van der Waals surface area contributed by atoms with Crippen LogP contribution in [0.2, 0.25) is 0 Å². The van der Waals surface area contributed by atoms with E-state index >= 15 is 0 Å². The largest absolute Gasteiger partial charge is 0.497 e. The van der Waals surface area contributed by atoms with Crippen molar-refractivity contribution < 1.29 is 9.53 Å². The van der Waals surface area contributed by atoms with Crippen LogP contribution < -0.4 is 4.74 Å². The van der Waals surface area contributed by atoms with E-state index in [0.29, 0.717) is 23.7 Å². The molecule has 4 rings (SSSR count). The molecule has 3 nitrogen and oxygen atoms in total. The third-order valence-corrected chi connectivity index (χ3v) is 6.85. The second-order valence-electron chi connectivity index (χ2n) is 7.79. The van der Waals surface area contributed by atoms with E-state index in [1.165, 1.54) is 11.1 Å². The number of hydrogen-bond acceptors (Lipinski definition) is 3. The van der Waals surface area contributed by atoms with E-state index in [9.17, 15) is 4.79 Å². The predicted molar refractivity (Wildman–Crippen MR) is 90.9 cm³/mol. The number of benzene rings is 1. The van der Waals surface area contributed by atoms with Crippen LogP contribution in [-0.2, 0) is 16.6 Å². The minimum atomic E-state index is 0.0509. The minimum Gasteiger partial charge on any atom is -0.497 e. The Kier molecular flexibility index (Phi) is 3.53. The zero-order valence-corrected chi connectivity index (χ0v) is 14.5. The second-order valence-corrected chi connectivity index (χ2v) is 7.79. The molecular weight excluding hydrogens is 286 g/mol. The normalized spacial score (nSPS) is 36.3. The summed E-state index contributed by atoms with van der Waals surface area (Å²) in [5.74, 6) is 2.54. The summed E-state index contributed by atoms with van der Waals surface area (Å²) in [6, 6.07) is 7.13. The third kappa shape index (κ3) is 2.09. The van der Waals surface area contributed by atoms with Crippen LogP contribution in [0.3, 0.4) is 0 Å². The van der Waals surface area contributed by atoms with Gasteiger partial charge in [0.05, 0.1) is 7.11 Å². The lowest BCUT2D eigenvalue weighted by Crippen LogP contribution is -2.63. The lowest BCUT2D eigenvalue weighted by Gasteiger charge is -2.60. The molecule has 1 heterocycles. The Hall–Kier alpha value is -1.35. The molecule has 0 radical (unpaired) electrons. The number of ether oxygens (including phenoxy) is 1. The van der Waals surface area contributed by atoms with Crippen molar-refractivity contribution in [1.29, 1.82) is 0 Å². The molecule has 0 N–H and O–H groups in total. The van der Waals surface area contributed by atoms with Crippen LogP contribution in [0.4, 0.5) is 0 Å². The number of nitrogens with zero attached hydrogens (tertiary/aromatic N) is 1. The molecule has 124 valence electrons. The van der Waals surface area contributed by atoms with Gasteiger partial charge in [0, 0.05) is 24.3 Å². The highest BCUT2D eigenvalue weighted by Crippen LogP contribution is 2.57. The van der Waals surface area contributed by atoms with Crippen molar-refractivity contribution in [2.75, 3.05) is 20.7 Å². The standard InChI is InChI=1S/C20H27NO2/c1-4-13-9-15(22)12-20-7-8-21(2)18(19(13)20)10-14-5-6-16(23-3)11-17(14)20/h5-6,11,13,18-19H,4,7-10,12H2,1-3H3/t13-,18+,19-,20+/m0/s1. The lowest BCUT2D eigenvalue weighted by atomic mass is 9.49. The summed E-state index contributed by atoms with van der Waals surface area (Å²) < 4.78 is 5.50. The van der Waals surface area contributed by atoms with E-state index < -0.39 is 0 Å². The Morgan fingerprint density at radius 1 is 1.35 bits per heavy atom. The van der Waals surface area contributed by atoms with Crippen LogP contribution in [0, 0.1) is 11.8 Å². The van der Waals surface area contributed by atoms with E-state index in [2.05, 4.69) is 37.1 Å². The molecular formula is C20H27NO2. The molecule has 1 aliphatic heterocycles. The number of hydrogen-bond donors (Lipinski definition) is 0. The first-order chi connectivity index (χ1) is 11.1. The Balaban J connectivity index is 1.91. The quantitative estimate of drug-likeness (QED) is 0.840. The second kappa shape index (κ2) is 5.34. The Bertz CT molecular complexity index is 641. The lowest BCUT2D eigenvalue weighted by molar-refractivity contribution is -0.131. The molecule has 2 bridgehead atoms. The summed E-state index contributed by atoms with van der Waals surface area (Å²) in [6.45, 7) is 3.36. The fourth-order valence-electron chi connectivity index (χ4n) is 5.81. The summed E-state index contributed by atoms with van der Waals surface area (Å²) >= 11 is 0. The smallest absolute Gasteiger partial charge is 0.134 e. The molecule has 0 aromatic heterocycles. The van der Waals surface area contributed by atoms with Crippen molar-refractivity contribution in [3.05, 3.63) is 29.3 Å². The number of rotatable bonds is 2. The fraction of sp³-hybridized carbons (Fsp3) is 0.650. The number of ketones is 1. The molecule has 2 fully saturated rings. The summed E-state index contributed by atoms with van der Waals surface area (Å²) in [4.78, 5) is 15.1. The zero-order chi connectivity index (χ0) is 16.2. The summed E-state index contributed by atoms with van der Waals surface area (Å²) in [7, 11) is 4.00. The number of piperidine rings is 1. The average Bonchev–Trinajstić information content (AvgIpc) is 2.56. The number of likely N-dealkylation sites (N-methyl/N-ethyl adjacent to an activating group) is 1. The molecule has 1 saturated carbocycles. The molecule has 1 aromatic carbocycles. The molecule has 23 heavy (non-hydrogen) atoms. The van der Waals surface area contributed by atoms with E-state index in [1.54, 1.807) is 7.11 Å². The predicted octanol–water partition coefficient (Wildman–Crippen LogP) is 3.20. The van der Waals surface area contributed by atoms with Crippen molar-refractivity contribution >= 4 is 5.78 Å². The van der Waals surface area contributed by atoms with Gasteiger partial charge in [0.2, 0.25) is 0 Å². The first-order valence-corrected chi connectivity index (χ1v) is 8.98. The minimum absolute atomic E-state index is 0.0509. The van der Waals surface area contributed by atoms with Gasteiger partial charge in [0.15, 0.2) is 0 Å². The Labute approximate surface area is 139 Å². The van der Waals surface area contributed by atoms with Crippen LogP contribution in [0.25, 0.3) is 0 Å². The number of carbonyl (C=O) groups excluding carboxylic acids is 1. The van der Waals surface area contributed by atoms with Gasteiger partial charge in [0.1, 0.15) is 11.5 Å². The number of methoxy groups -OCH3 is 1. The third-order valence-electron chi connectivity index (χ3n) is 6.85. The van der Waals surface area contributed by atoms with E-state index in [4.69, 9.17) is 4.74 Å². The maximum absolute atomic E-state index is 12.6. The summed E-state index contributed by atoms with van der Waals surface area (Å²) in [6.07, 6.45) is 4.85. The van der Waals surface area contributed by atoms with E-state index in [0.717, 1.165) is 44.4 Å². The topological polar surface area (TPSA) is 29.5 Å². The Morgan fingerprint density at radius 2 is 2.17 bits per heavy atom. The molecule has 3 aliphatic rings. The van der Waals surface area contributed by atoms with Crippen LogP contribution in [0.1, 0.15) is 43.7 Å². The number of likely N-dealkylation sites (tertiary alicyclic amines) is 1. The summed E-state index contributed by atoms with van der Waals surface area (Å²) in [5.41, 5.74) is 2.90. The van der Waals surface area contributed by atoms with Crippen molar-refractivity contribution in [3.8, 4) is 5.75 Å². The van der Waals surface area contributed by atoms with Crippen LogP contribution in [-0.4, -0.2) is 37.4 Å². The van der Waals surface area contributed by atoms with Gasteiger partial charge in [-0.25, -0.2) is 0 Å².